The van der Waals surface area contributed by atoms with Gasteiger partial charge in [-0.05, 0) is 37.5 Å². The largest absolute Gasteiger partial charge is 0.345 e. The Balaban J connectivity index is 1.74. The van der Waals surface area contributed by atoms with E-state index in [4.69, 9.17) is 0 Å². The van der Waals surface area contributed by atoms with Crippen LogP contribution in [-0.4, -0.2) is 14.0 Å². The second kappa shape index (κ2) is 9.73. The number of carbonyl (C=O) groups is 1. The topological polar surface area (TPSA) is 29.1 Å². The van der Waals surface area contributed by atoms with Crippen molar-refractivity contribution in [2.75, 3.05) is 0 Å². The van der Waals surface area contributed by atoms with Gasteiger partial charge in [-0.15, -0.1) is 0 Å². The fourth-order valence-corrected chi connectivity index (χ4v) is 5.27. The third kappa shape index (κ3) is 6.04. The highest BCUT2D eigenvalue weighted by Gasteiger charge is 2.21. The minimum atomic E-state index is -1.82. The smallest absolute Gasteiger partial charge is 0.243 e. The van der Waals surface area contributed by atoms with Gasteiger partial charge in [-0.3, -0.25) is 4.79 Å². The van der Waals surface area contributed by atoms with Crippen LogP contribution in [0.2, 0.25) is 13.1 Å². The maximum Gasteiger partial charge on any atom is 0.243 e. The minimum Gasteiger partial charge on any atom is -0.345 e. The Morgan fingerprint density at radius 3 is 2.03 bits per heavy atom. The zero-order valence-electron chi connectivity index (χ0n) is 18.4. The predicted molar refractivity (Wildman–Crippen MR) is 130 cm³/mol. The van der Waals surface area contributed by atoms with Crippen molar-refractivity contribution in [3.05, 3.63) is 113 Å². The van der Waals surface area contributed by atoms with Crippen LogP contribution in [0.25, 0.3) is 0 Å². The van der Waals surface area contributed by atoms with E-state index in [0.717, 1.165) is 12.0 Å². The molecule has 0 aromatic heterocycles. The lowest BCUT2D eigenvalue weighted by Gasteiger charge is -2.20. The summed E-state index contributed by atoms with van der Waals surface area (Å²) < 4.78 is 0. The van der Waals surface area contributed by atoms with E-state index in [1.54, 1.807) is 6.08 Å². The van der Waals surface area contributed by atoms with Gasteiger partial charge < -0.3 is 5.32 Å². The van der Waals surface area contributed by atoms with Crippen LogP contribution in [0.3, 0.4) is 0 Å². The van der Waals surface area contributed by atoms with Gasteiger partial charge in [0, 0.05) is 0 Å². The molecule has 154 valence electrons. The molecule has 0 aliphatic carbocycles. The molecule has 1 unspecified atom stereocenters. The molecule has 0 fully saturated rings. The molecule has 3 heteroatoms. The van der Waals surface area contributed by atoms with Crippen LogP contribution in [-0.2, 0) is 11.2 Å². The number of hydrogen-bond donors (Lipinski definition) is 1. The molecular formula is C27H31NOSi. The third-order valence-electron chi connectivity index (χ3n) is 5.53. The lowest BCUT2D eigenvalue weighted by molar-refractivity contribution is -0.117. The van der Waals surface area contributed by atoms with Gasteiger partial charge in [0.15, 0.2) is 0 Å². The van der Waals surface area contributed by atoms with Gasteiger partial charge in [-0.25, -0.2) is 0 Å². The quantitative estimate of drug-likeness (QED) is 0.407. The summed E-state index contributed by atoms with van der Waals surface area (Å²) in [4.78, 5) is 12.8. The van der Waals surface area contributed by atoms with Crippen molar-refractivity contribution in [3.63, 3.8) is 0 Å². The standard InChI is InChI=1S/C27H31NOSi/c1-21-10-14-23(15-11-21)20-26(24-8-6-5-7-9-24)28-27(29)18-19-30(3,4)25-16-12-22(2)13-17-25/h5-19,26H,20H2,1-4H3,(H,28,29). The number of carbonyl (C=O) groups excluding carboxylic acids is 1. The van der Waals surface area contributed by atoms with Crippen LogP contribution >= 0.6 is 0 Å². The Labute approximate surface area is 181 Å². The number of nitrogens with one attached hydrogen (secondary N) is 1. The molecule has 0 aliphatic heterocycles. The zero-order chi connectivity index (χ0) is 21.6. The fraction of sp³-hybridized carbons (Fsp3) is 0.222. The van der Waals surface area contributed by atoms with Crippen molar-refractivity contribution in [2.24, 2.45) is 0 Å². The summed E-state index contributed by atoms with van der Waals surface area (Å²) in [5.41, 5.74) is 6.96. The highest BCUT2D eigenvalue weighted by molar-refractivity contribution is 6.94. The lowest BCUT2D eigenvalue weighted by Crippen LogP contribution is -2.40. The van der Waals surface area contributed by atoms with E-state index in [0.29, 0.717) is 0 Å². The molecule has 0 saturated heterocycles. The normalized spacial score (nSPS) is 12.7. The van der Waals surface area contributed by atoms with Crippen LogP contribution in [0.15, 0.2) is 90.6 Å². The van der Waals surface area contributed by atoms with E-state index in [1.807, 2.05) is 18.2 Å². The molecule has 3 aromatic rings. The average molecular weight is 414 g/mol. The molecule has 1 atom stereocenters. The first kappa shape index (κ1) is 21.8. The molecular weight excluding hydrogens is 382 g/mol. The van der Waals surface area contributed by atoms with E-state index in [2.05, 4.69) is 98.6 Å². The van der Waals surface area contributed by atoms with Crippen molar-refractivity contribution in [3.8, 4) is 0 Å². The molecule has 2 nitrogen and oxygen atoms in total. The molecule has 0 bridgehead atoms. The Morgan fingerprint density at radius 2 is 1.43 bits per heavy atom. The van der Waals surface area contributed by atoms with Gasteiger partial charge in [0.1, 0.15) is 8.07 Å². The van der Waals surface area contributed by atoms with Gasteiger partial charge >= 0.3 is 0 Å². The number of amides is 1. The Hall–Kier alpha value is -2.91. The fourth-order valence-electron chi connectivity index (χ4n) is 3.48. The molecule has 0 heterocycles. The monoisotopic (exact) mass is 413 g/mol. The van der Waals surface area contributed by atoms with Gasteiger partial charge in [-0.2, -0.15) is 0 Å². The van der Waals surface area contributed by atoms with Crippen molar-refractivity contribution >= 4 is 19.2 Å². The predicted octanol–water partition coefficient (Wildman–Crippen LogP) is 5.41. The second-order valence-corrected chi connectivity index (χ2v) is 12.9. The van der Waals surface area contributed by atoms with Crippen molar-refractivity contribution in [1.29, 1.82) is 0 Å². The van der Waals surface area contributed by atoms with Gasteiger partial charge in [0.25, 0.3) is 0 Å². The first-order chi connectivity index (χ1) is 14.3. The van der Waals surface area contributed by atoms with Crippen LogP contribution in [0.5, 0.6) is 0 Å². The molecule has 0 radical (unpaired) electrons. The first-order valence-electron chi connectivity index (χ1n) is 10.5. The SMILES string of the molecule is Cc1ccc(CC(NC(=O)C=C[Si](C)(C)c2ccc(C)cc2)c2ccccc2)cc1. The maximum atomic E-state index is 12.8. The van der Waals surface area contributed by atoms with Crippen LogP contribution < -0.4 is 10.5 Å². The first-order valence-corrected chi connectivity index (χ1v) is 13.6. The van der Waals surface area contributed by atoms with E-state index in [1.165, 1.54) is 21.9 Å². The van der Waals surface area contributed by atoms with Crippen LogP contribution in [0, 0.1) is 13.8 Å². The molecule has 3 aromatic carbocycles. The highest BCUT2D eigenvalue weighted by atomic mass is 28.3. The molecule has 3 rings (SSSR count). The molecule has 0 saturated carbocycles. The minimum absolute atomic E-state index is 0.0383. The van der Waals surface area contributed by atoms with E-state index >= 15 is 0 Å². The van der Waals surface area contributed by atoms with Gasteiger partial charge in [-0.1, -0.05) is 114 Å². The number of hydrogen-bond acceptors (Lipinski definition) is 1. The molecule has 0 aliphatic rings. The summed E-state index contributed by atoms with van der Waals surface area (Å²) in [6.45, 7) is 8.72. The van der Waals surface area contributed by atoms with E-state index in [9.17, 15) is 4.79 Å². The Morgan fingerprint density at radius 1 is 0.867 bits per heavy atom. The Bertz CT molecular complexity index is 989. The zero-order valence-corrected chi connectivity index (χ0v) is 19.4. The van der Waals surface area contributed by atoms with E-state index < -0.39 is 8.07 Å². The summed E-state index contributed by atoms with van der Waals surface area (Å²) in [6.07, 6.45) is 2.50. The summed E-state index contributed by atoms with van der Waals surface area (Å²) in [5.74, 6) is -0.0383. The summed E-state index contributed by atoms with van der Waals surface area (Å²) >= 11 is 0. The Kier molecular flexibility index (Phi) is 7.06. The van der Waals surface area contributed by atoms with Crippen LogP contribution in [0.4, 0.5) is 0 Å². The number of rotatable bonds is 7. The highest BCUT2D eigenvalue weighted by Crippen LogP contribution is 2.19. The van der Waals surface area contributed by atoms with E-state index in [-0.39, 0.29) is 11.9 Å². The summed E-state index contributed by atoms with van der Waals surface area (Å²) in [6, 6.07) is 27.3. The van der Waals surface area contributed by atoms with Crippen molar-refractivity contribution < 1.29 is 4.79 Å². The average Bonchev–Trinajstić information content (AvgIpc) is 2.74. The van der Waals surface area contributed by atoms with Gasteiger partial charge in [0.2, 0.25) is 5.91 Å². The maximum absolute atomic E-state index is 12.8. The number of benzene rings is 3. The molecule has 30 heavy (non-hydrogen) atoms. The van der Waals surface area contributed by atoms with Crippen LogP contribution in [0.1, 0.15) is 28.3 Å². The number of aryl methyl sites for hydroxylation is 2. The molecule has 1 N–H and O–H groups in total. The molecule has 0 spiro atoms. The summed E-state index contributed by atoms with van der Waals surface area (Å²) in [5, 5.41) is 4.56. The van der Waals surface area contributed by atoms with Crippen molar-refractivity contribution in [2.45, 2.75) is 39.4 Å². The third-order valence-corrected chi connectivity index (χ3v) is 8.35. The molecule has 1 amide bonds. The second-order valence-electron chi connectivity index (χ2n) is 8.58. The summed E-state index contributed by atoms with van der Waals surface area (Å²) in [7, 11) is -1.82. The lowest BCUT2D eigenvalue weighted by atomic mass is 9.98. The van der Waals surface area contributed by atoms with Crippen molar-refractivity contribution in [1.82, 2.24) is 5.32 Å². The van der Waals surface area contributed by atoms with Gasteiger partial charge in [0.05, 0.1) is 6.04 Å².